The average Bonchev–Trinajstić information content (AvgIpc) is 2.86. The largest absolute Gasteiger partial charge is 0.417 e. The Morgan fingerprint density at radius 3 is 0.900 bits per heavy atom. The summed E-state index contributed by atoms with van der Waals surface area (Å²) >= 11 is 0. The normalized spacial score (nSPS) is 15.1. The van der Waals surface area contributed by atoms with Gasteiger partial charge in [0.15, 0.2) is 0 Å². The van der Waals surface area contributed by atoms with Crippen LogP contribution in [-0.2, 0) is 43.2 Å². The molecule has 0 nitrogen and oxygen atoms in total. The van der Waals surface area contributed by atoms with E-state index in [2.05, 4.69) is 0 Å². The first-order valence-electron chi connectivity index (χ1n) is 13.8. The maximum atomic E-state index is 13.4. The van der Waals surface area contributed by atoms with Gasteiger partial charge in [0.25, 0.3) is 0 Å². The minimum atomic E-state index is -5.96. The third-order valence-electron chi connectivity index (χ3n) is 7.57. The second-order valence-electron chi connectivity index (χ2n) is 11.0. The predicted molar refractivity (Wildman–Crippen MR) is 135 cm³/mol. The lowest BCUT2D eigenvalue weighted by atomic mass is 9.80. The highest BCUT2D eigenvalue weighted by molar-refractivity contribution is 5.57. The summed E-state index contributed by atoms with van der Waals surface area (Å²) in [5.41, 5.74) is -23.6. The van der Waals surface area contributed by atoms with Gasteiger partial charge in [-0.05, 0) is 66.8 Å². The lowest BCUT2D eigenvalue weighted by Crippen LogP contribution is -2.30. The Kier molecular flexibility index (Phi) is 12.8. The van der Waals surface area contributed by atoms with Crippen LogP contribution in [0.4, 0.5) is 92.2 Å². The fraction of sp³-hybridized carbons (Fsp3) is 0.586. The number of alkyl halides is 21. The van der Waals surface area contributed by atoms with Crippen molar-refractivity contribution in [1.29, 1.82) is 0 Å². The Balaban J connectivity index is 0.000000506. The van der Waals surface area contributed by atoms with Gasteiger partial charge in [0, 0.05) is 0 Å². The van der Waals surface area contributed by atoms with E-state index in [1.54, 1.807) is 0 Å². The summed E-state index contributed by atoms with van der Waals surface area (Å²) < 4.78 is 278. The van der Waals surface area contributed by atoms with Crippen molar-refractivity contribution >= 4 is 0 Å². The molecule has 0 bridgehead atoms. The van der Waals surface area contributed by atoms with Crippen LogP contribution in [0.5, 0.6) is 0 Å². The molecule has 0 spiro atoms. The number of hydrogen-bond acceptors (Lipinski definition) is 0. The average molecular weight is 772 g/mol. The molecule has 2 aromatic carbocycles. The van der Waals surface area contributed by atoms with Crippen LogP contribution in [0.25, 0.3) is 0 Å². The van der Waals surface area contributed by atoms with E-state index in [0.29, 0.717) is 13.8 Å². The molecule has 0 saturated heterocycles. The first kappa shape index (κ1) is 45.0. The Bertz CT molecular complexity index is 1450. The van der Waals surface area contributed by atoms with Crippen LogP contribution >= 0.6 is 0 Å². The van der Waals surface area contributed by atoms with Gasteiger partial charge in [-0.1, -0.05) is 27.7 Å². The van der Waals surface area contributed by atoms with Crippen LogP contribution in [0, 0.1) is 13.8 Å². The molecule has 50 heavy (non-hydrogen) atoms. The van der Waals surface area contributed by atoms with E-state index in [0.717, 1.165) is 13.8 Å². The third kappa shape index (κ3) is 9.64. The van der Waals surface area contributed by atoms with Crippen molar-refractivity contribution in [3.8, 4) is 0 Å². The minimum absolute atomic E-state index is 0.0451. The van der Waals surface area contributed by atoms with Crippen molar-refractivity contribution in [2.24, 2.45) is 0 Å². The summed E-state index contributed by atoms with van der Waals surface area (Å²) in [5, 5.41) is 0. The van der Waals surface area contributed by atoms with E-state index in [1.807, 2.05) is 0 Å². The van der Waals surface area contributed by atoms with E-state index >= 15 is 0 Å². The van der Waals surface area contributed by atoms with E-state index in [4.69, 9.17) is 0 Å². The van der Waals surface area contributed by atoms with Gasteiger partial charge in [0.1, 0.15) is 0 Å². The number of benzene rings is 2. The molecule has 0 aromatic heterocycles. The standard InChI is InChI=1S/C15H12F12.C14H13F9/c1-4-5(2)7-10(14(22,23)24)8(12(16,17)18)6(3)9(13(19,20)21)11(7)15(25,26)27;1-4-6(2)9-8(12(15,16)17)5-7(3)10(13(18,19)20)11(9)14(21,22)23/h5H,4H2,1-3H3;5-6H,4H2,1-3H3. The van der Waals surface area contributed by atoms with Gasteiger partial charge < -0.3 is 0 Å². The summed E-state index contributed by atoms with van der Waals surface area (Å²) in [6.07, 6.45) is -40.7. The molecule has 0 amide bonds. The summed E-state index contributed by atoms with van der Waals surface area (Å²) in [4.78, 5) is 0. The van der Waals surface area contributed by atoms with Crippen LogP contribution in [0.1, 0.15) is 114 Å². The van der Waals surface area contributed by atoms with Gasteiger partial charge in [0.2, 0.25) is 0 Å². The molecule has 2 aromatic rings. The lowest BCUT2D eigenvalue weighted by molar-refractivity contribution is -0.172. The molecular weight excluding hydrogens is 747 g/mol. The maximum absolute atomic E-state index is 13.4. The molecule has 2 rings (SSSR count). The second-order valence-corrected chi connectivity index (χ2v) is 11.0. The minimum Gasteiger partial charge on any atom is -0.166 e. The van der Waals surface area contributed by atoms with E-state index < -0.39 is 123 Å². The highest BCUT2D eigenvalue weighted by Crippen LogP contribution is 2.55. The summed E-state index contributed by atoms with van der Waals surface area (Å²) in [5.74, 6) is -3.22. The van der Waals surface area contributed by atoms with Crippen molar-refractivity contribution in [2.45, 2.75) is 109 Å². The Hall–Kier alpha value is -3.03. The Morgan fingerprint density at radius 2 is 0.660 bits per heavy atom. The zero-order chi connectivity index (χ0) is 40.1. The monoisotopic (exact) mass is 772 g/mol. The number of halogens is 21. The molecule has 2 unspecified atom stereocenters. The van der Waals surface area contributed by atoms with Crippen LogP contribution < -0.4 is 0 Å². The maximum Gasteiger partial charge on any atom is 0.417 e. The zero-order valence-electron chi connectivity index (χ0n) is 26.1. The Morgan fingerprint density at radius 1 is 0.400 bits per heavy atom. The second kappa shape index (κ2) is 14.2. The highest BCUT2D eigenvalue weighted by atomic mass is 19.4. The van der Waals surface area contributed by atoms with E-state index in [1.165, 1.54) is 6.92 Å². The molecule has 0 aliphatic rings. The fourth-order valence-corrected chi connectivity index (χ4v) is 5.33. The highest BCUT2D eigenvalue weighted by Gasteiger charge is 2.56. The Labute approximate surface area is 269 Å². The number of hydrogen-bond donors (Lipinski definition) is 0. The van der Waals surface area contributed by atoms with Gasteiger partial charge in [0.05, 0.1) is 38.9 Å². The molecule has 0 aliphatic carbocycles. The smallest absolute Gasteiger partial charge is 0.166 e. The topological polar surface area (TPSA) is 0 Å². The van der Waals surface area contributed by atoms with Crippen LogP contribution in [0.2, 0.25) is 0 Å². The molecular formula is C29H25F21. The van der Waals surface area contributed by atoms with Crippen molar-refractivity contribution in [2.75, 3.05) is 0 Å². The van der Waals surface area contributed by atoms with Gasteiger partial charge in [-0.15, -0.1) is 0 Å². The number of rotatable bonds is 4. The third-order valence-corrected chi connectivity index (χ3v) is 7.57. The van der Waals surface area contributed by atoms with Crippen LogP contribution in [-0.4, -0.2) is 0 Å². The molecule has 0 heterocycles. The zero-order valence-corrected chi connectivity index (χ0v) is 26.1. The summed E-state index contributed by atoms with van der Waals surface area (Å²) in [6.45, 7) is 4.64. The molecule has 21 heteroatoms. The van der Waals surface area contributed by atoms with E-state index in [-0.39, 0.29) is 19.4 Å². The summed E-state index contributed by atoms with van der Waals surface area (Å²) in [7, 11) is 0. The van der Waals surface area contributed by atoms with Gasteiger partial charge >= 0.3 is 43.2 Å². The van der Waals surface area contributed by atoms with Crippen molar-refractivity contribution in [3.05, 3.63) is 67.3 Å². The first-order chi connectivity index (χ1) is 21.9. The molecule has 0 saturated carbocycles. The van der Waals surface area contributed by atoms with Gasteiger partial charge in [-0.3, -0.25) is 0 Å². The van der Waals surface area contributed by atoms with Crippen LogP contribution in [0.3, 0.4) is 0 Å². The van der Waals surface area contributed by atoms with Crippen molar-refractivity contribution in [3.63, 3.8) is 0 Å². The molecule has 0 aliphatic heterocycles. The first-order valence-corrected chi connectivity index (χ1v) is 13.8. The SMILES string of the molecule is CCC(C)c1c(C(F)(F)F)c(C(F)(F)F)c(C)c(C(F)(F)F)c1C(F)(F)F.CCC(C)c1c(C(F)(F)F)cc(C)c(C(F)(F)F)c1C(F)(F)F. The summed E-state index contributed by atoms with van der Waals surface area (Å²) in [6, 6.07) is 0.138. The molecule has 0 fully saturated rings. The van der Waals surface area contributed by atoms with E-state index in [9.17, 15) is 92.2 Å². The molecule has 288 valence electrons. The predicted octanol–water partition coefficient (Wildman–Crippen LogP) is 14.1. The van der Waals surface area contributed by atoms with Crippen molar-refractivity contribution < 1.29 is 92.2 Å². The molecule has 0 radical (unpaired) electrons. The van der Waals surface area contributed by atoms with Crippen molar-refractivity contribution in [1.82, 2.24) is 0 Å². The van der Waals surface area contributed by atoms with Gasteiger partial charge in [-0.2, -0.15) is 92.2 Å². The lowest BCUT2D eigenvalue weighted by Gasteiger charge is -2.31. The quantitative estimate of drug-likeness (QED) is 0.272. The molecule has 2 atom stereocenters. The van der Waals surface area contributed by atoms with Gasteiger partial charge in [-0.25, -0.2) is 0 Å². The molecule has 0 N–H and O–H groups in total. The fourth-order valence-electron chi connectivity index (χ4n) is 5.33. The number of aryl methyl sites for hydroxylation is 1. The van der Waals surface area contributed by atoms with Crippen LogP contribution in [0.15, 0.2) is 6.07 Å².